The normalized spacial score (nSPS) is 12.0. The number of hydrogen-bond donors (Lipinski definition) is 1. The van der Waals surface area contributed by atoms with Gasteiger partial charge in [0.1, 0.15) is 5.76 Å². The van der Waals surface area contributed by atoms with Gasteiger partial charge in [0.25, 0.3) is 5.91 Å². The molecule has 0 aliphatic heterocycles. The first-order valence-electron chi connectivity index (χ1n) is 7.48. The van der Waals surface area contributed by atoms with Gasteiger partial charge in [0.15, 0.2) is 5.82 Å². The second-order valence-electron chi connectivity index (χ2n) is 7.05. The number of anilines is 1. The Labute approximate surface area is 130 Å². The highest BCUT2D eigenvalue weighted by atomic mass is 16.5. The molecule has 0 aliphatic rings. The Bertz CT molecular complexity index is 662. The standard InChI is InChI=1S/C16H24N4O2/c1-10(2)20-11(3)13(9-17-20)15(21)18-14-7-12(22-19-14)8-16(4,5)6/h7,9-10H,8H2,1-6H3,(H,18,19,21). The highest BCUT2D eigenvalue weighted by molar-refractivity contribution is 6.04. The average molecular weight is 304 g/mol. The third kappa shape index (κ3) is 3.75. The summed E-state index contributed by atoms with van der Waals surface area (Å²) in [5.41, 5.74) is 1.50. The van der Waals surface area contributed by atoms with Crippen LogP contribution in [0.4, 0.5) is 5.82 Å². The molecule has 0 aliphatic carbocycles. The maximum atomic E-state index is 12.3. The molecular weight excluding hydrogens is 280 g/mol. The van der Waals surface area contributed by atoms with Crippen LogP contribution < -0.4 is 5.32 Å². The molecule has 0 saturated carbocycles. The third-order valence-corrected chi connectivity index (χ3v) is 3.28. The maximum Gasteiger partial charge on any atom is 0.260 e. The van der Waals surface area contributed by atoms with E-state index in [2.05, 4.69) is 36.3 Å². The molecular formula is C16H24N4O2. The number of rotatable bonds is 4. The molecule has 0 fully saturated rings. The largest absolute Gasteiger partial charge is 0.359 e. The van der Waals surface area contributed by atoms with E-state index in [9.17, 15) is 4.79 Å². The van der Waals surface area contributed by atoms with E-state index >= 15 is 0 Å². The van der Waals surface area contributed by atoms with E-state index in [1.807, 2.05) is 25.5 Å². The van der Waals surface area contributed by atoms with Crippen LogP contribution in [0.5, 0.6) is 0 Å². The molecule has 2 heterocycles. The summed E-state index contributed by atoms with van der Waals surface area (Å²) < 4.78 is 7.09. The van der Waals surface area contributed by atoms with E-state index in [4.69, 9.17) is 4.52 Å². The van der Waals surface area contributed by atoms with Crippen LogP contribution in [0, 0.1) is 12.3 Å². The lowest BCUT2D eigenvalue weighted by atomic mass is 9.91. The van der Waals surface area contributed by atoms with Crippen molar-refractivity contribution in [3.05, 3.63) is 29.3 Å². The summed E-state index contributed by atoms with van der Waals surface area (Å²) in [5, 5.41) is 10.9. The first-order chi connectivity index (χ1) is 10.2. The molecule has 22 heavy (non-hydrogen) atoms. The van der Waals surface area contributed by atoms with Crippen LogP contribution in [0.25, 0.3) is 0 Å². The molecule has 0 bridgehead atoms. The van der Waals surface area contributed by atoms with Crippen LogP contribution in [0.15, 0.2) is 16.8 Å². The van der Waals surface area contributed by atoms with Crippen molar-refractivity contribution >= 4 is 11.7 Å². The number of nitrogens with one attached hydrogen (secondary N) is 1. The molecule has 0 unspecified atom stereocenters. The second-order valence-corrected chi connectivity index (χ2v) is 7.05. The zero-order valence-electron chi connectivity index (χ0n) is 14.1. The first-order valence-corrected chi connectivity index (χ1v) is 7.48. The van der Waals surface area contributed by atoms with Crippen molar-refractivity contribution in [1.82, 2.24) is 14.9 Å². The highest BCUT2D eigenvalue weighted by Gasteiger charge is 2.19. The zero-order valence-corrected chi connectivity index (χ0v) is 14.1. The van der Waals surface area contributed by atoms with Gasteiger partial charge in [-0.3, -0.25) is 9.48 Å². The van der Waals surface area contributed by atoms with Crippen molar-refractivity contribution < 1.29 is 9.32 Å². The van der Waals surface area contributed by atoms with Crippen LogP contribution in [0.3, 0.4) is 0 Å². The summed E-state index contributed by atoms with van der Waals surface area (Å²) in [5.74, 6) is 0.971. The lowest BCUT2D eigenvalue weighted by molar-refractivity contribution is 0.102. The molecule has 0 radical (unpaired) electrons. The molecule has 0 aromatic carbocycles. The minimum absolute atomic E-state index is 0.107. The van der Waals surface area contributed by atoms with E-state index in [-0.39, 0.29) is 17.4 Å². The molecule has 2 aromatic heterocycles. The second kappa shape index (κ2) is 5.94. The number of carbonyl (C=O) groups excluding carboxylic acids is 1. The fraction of sp³-hybridized carbons (Fsp3) is 0.562. The number of aromatic nitrogens is 3. The van der Waals surface area contributed by atoms with Gasteiger partial charge in [-0.1, -0.05) is 25.9 Å². The van der Waals surface area contributed by atoms with Crippen molar-refractivity contribution in [2.45, 2.75) is 54.0 Å². The molecule has 6 nitrogen and oxygen atoms in total. The van der Waals surface area contributed by atoms with Crippen LogP contribution in [0.2, 0.25) is 0 Å². The SMILES string of the molecule is Cc1c(C(=O)Nc2cc(CC(C)(C)C)on2)cnn1C(C)C. The first kappa shape index (κ1) is 16.3. The number of nitrogens with zero attached hydrogens (tertiary/aromatic N) is 3. The van der Waals surface area contributed by atoms with E-state index in [0.717, 1.165) is 17.9 Å². The Hall–Kier alpha value is -2.11. The smallest absolute Gasteiger partial charge is 0.260 e. The van der Waals surface area contributed by atoms with Crippen LogP contribution in [-0.2, 0) is 6.42 Å². The van der Waals surface area contributed by atoms with Crippen molar-refractivity contribution in [1.29, 1.82) is 0 Å². The van der Waals surface area contributed by atoms with Gasteiger partial charge >= 0.3 is 0 Å². The Kier molecular flexibility index (Phi) is 4.39. The van der Waals surface area contributed by atoms with E-state index in [1.54, 1.807) is 12.3 Å². The van der Waals surface area contributed by atoms with Gasteiger partial charge in [0.05, 0.1) is 11.8 Å². The van der Waals surface area contributed by atoms with E-state index < -0.39 is 0 Å². The number of hydrogen-bond acceptors (Lipinski definition) is 4. The van der Waals surface area contributed by atoms with Gasteiger partial charge in [0.2, 0.25) is 0 Å². The third-order valence-electron chi connectivity index (χ3n) is 3.28. The number of carbonyl (C=O) groups is 1. The van der Waals surface area contributed by atoms with Crippen LogP contribution in [-0.4, -0.2) is 20.8 Å². The van der Waals surface area contributed by atoms with Gasteiger partial charge in [-0.25, -0.2) is 0 Å². The van der Waals surface area contributed by atoms with Gasteiger partial charge in [-0.2, -0.15) is 5.10 Å². The molecule has 1 amide bonds. The summed E-state index contributed by atoms with van der Waals surface area (Å²) in [6.07, 6.45) is 2.35. The monoisotopic (exact) mass is 304 g/mol. The van der Waals surface area contributed by atoms with Crippen molar-refractivity contribution in [2.75, 3.05) is 5.32 Å². The summed E-state index contributed by atoms with van der Waals surface area (Å²) in [4.78, 5) is 12.3. The molecule has 0 saturated heterocycles. The van der Waals surface area contributed by atoms with Gasteiger partial charge in [-0.15, -0.1) is 0 Å². The molecule has 0 spiro atoms. The minimum Gasteiger partial charge on any atom is -0.359 e. The summed E-state index contributed by atoms with van der Waals surface area (Å²) in [7, 11) is 0. The zero-order chi connectivity index (χ0) is 16.5. The Balaban J connectivity index is 2.09. The van der Waals surface area contributed by atoms with Crippen LogP contribution in [0.1, 0.15) is 62.5 Å². The molecule has 2 aromatic rings. The quantitative estimate of drug-likeness (QED) is 0.936. The number of amides is 1. The summed E-state index contributed by atoms with van der Waals surface area (Å²) >= 11 is 0. The fourth-order valence-electron chi connectivity index (χ4n) is 2.33. The lowest BCUT2D eigenvalue weighted by Gasteiger charge is -2.14. The minimum atomic E-state index is -0.222. The van der Waals surface area contributed by atoms with Gasteiger partial charge in [-0.05, 0) is 26.2 Å². The van der Waals surface area contributed by atoms with Crippen molar-refractivity contribution in [3.63, 3.8) is 0 Å². The molecule has 0 atom stereocenters. The molecule has 2 rings (SSSR count). The fourth-order valence-corrected chi connectivity index (χ4v) is 2.33. The summed E-state index contributed by atoms with van der Waals surface area (Å²) in [6.45, 7) is 12.3. The van der Waals surface area contributed by atoms with Gasteiger partial charge < -0.3 is 9.84 Å². The predicted molar refractivity (Wildman–Crippen MR) is 85.0 cm³/mol. The Morgan fingerprint density at radius 2 is 2.09 bits per heavy atom. The van der Waals surface area contributed by atoms with Gasteiger partial charge in [0, 0.05) is 24.2 Å². The summed E-state index contributed by atoms with van der Waals surface area (Å²) in [6, 6.07) is 1.98. The van der Waals surface area contributed by atoms with E-state index in [0.29, 0.717) is 11.4 Å². The molecule has 6 heteroatoms. The topological polar surface area (TPSA) is 73.0 Å². The predicted octanol–water partition coefficient (Wildman–Crippen LogP) is 3.60. The van der Waals surface area contributed by atoms with Crippen molar-refractivity contribution in [3.8, 4) is 0 Å². The highest BCUT2D eigenvalue weighted by Crippen LogP contribution is 2.22. The Morgan fingerprint density at radius 1 is 1.41 bits per heavy atom. The molecule has 1 N–H and O–H groups in total. The molecule has 120 valence electrons. The average Bonchev–Trinajstić information content (AvgIpc) is 2.93. The maximum absolute atomic E-state index is 12.3. The van der Waals surface area contributed by atoms with Crippen molar-refractivity contribution in [2.24, 2.45) is 5.41 Å². The van der Waals surface area contributed by atoms with Crippen LogP contribution >= 0.6 is 0 Å². The lowest BCUT2D eigenvalue weighted by Crippen LogP contribution is -2.14. The Morgan fingerprint density at radius 3 is 2.64 bits per heavy atom. The van der Waals surface area contributed by atoms with E-state index in [1.165, 1.54) is 0 Å².